The third kappa shape index (κ3) is 3.67. The van der Waals surface area contributed by atoms with Crippen LogP contribution in [0.4, 0.5) is 11.4 Å². The summed E-state index contributed by atoms with van der Waals surface area (Å²) in [5.74, 6) is 0.354. The third-order valence-electron chi connectivity index (χ3n) is 7.21. The number of methoxy groups -OCH3 is 1. The zero-order chi connectivity index (χ0) is 25.4. The number of carbonyl (C=O) groups is 1. The molecule has 0 aromatic heterocycles. The van der Waals surface area contributed by atoms with Gasteiger partial charge in [0.15, 0.2) is 5.60 Å². The number of anilines is 2. The van der Waals surface area contributed by atoms with Gasteiger partial charge in [-0.05, 0) is 61.0 Å². The van der Waals surface area contributed by atoms with E-state index in [2.05, 4.69) is 54.0 Å². The Kier molecular flexibility index (Phi) is 6.09. The molecule has 0 aliphatic carbocycles. The topological polar surface area (TPSA) is 42.0 Å². The lowest BCUT2D eigenvalue weighted by Crippen LogP contribution is -2.30. The Morgan fingerprint density at radius 3 is 2.06 bits per heavy atom. The van der Waals surface area contributed by atoms with Gasteiger partial charge in [0.1, 0.15) is 5.75 Å². The standard InChI is InChI=1S/C31H32N2O3/c1-6-33(7-2)25-16-17-27(29(20-25)35-5)31(23-12-14-24(15-13-23)32(3)4)28-19-22-11-9-8-10-21(22)18-26(28)30(34)36-31/h8-20H,6-7H2,1-5H3. The van der Waals surface area contributed by atoms with Crippen molar-refractivity contribution in [1.82, 2.24) is 0 Å². The fourth-order valence-electron chi connectivity index (χ4n) is 5.27. The van der Waals surface area contributed by atoms with Crippen LogP contribution in [0.25, 0.3) is 10.8 Å². The number of ether oxygens (including phenoxy) is 2. The second-order valence-electron chi connectivity index (χ2n) is 9.31. The van der Waals surface area contributed by atoms with Gasteiger partial charge in [-0.3, -0.25) is 0 Å². The first-order valence-electron chi connectivity index (χ1n) is 12.4. The minimum Gasteiger partial charge on any atom is -0.496 e. The van der Waals surface area contributed by atoms with E-state index >= 15 is 0 Å². The number of hydrogen-bond acceptors (Lipinski definition) is 5. The summed E-state index contributed by atoms with van der Waals surface area (Å²) < 4.78 is 12.4. The SMILES string of the molecule is CCN(CC)c1ccc(C2(c3ccc(N(C)C)cc3)OC(=O)c3cc4ccccc4cc32)c(OC)c1. The Morgan fingerprint density at radius 1 is 0.806 bits per heavy atom. The number of cyclic esters (lactones) is 1. The van der Waals surface area contributed by atoms with Gasteiger partial charge >= 0.3 is 5.97 Å². The van der Waals surface area contributed by atoms with Crippen molar-refractivity contribution in [1.29, 1.82) is 0 Å². The number of hydrogen-bond donors (Lipinski definition) is 0. The zero-order valence-electron chi connectivity index (χ0n) is 21.5. The van der Waals surface area contributed by atoms with Gasteiger partial charge in [0.05, 0.1) is 12.7 Å². The maximum atomic E-state index is 13.4. The van der Waals surface area contributed by atoms with Crippen LogP contribution in [0.1, 0.15) is 40.9 Å². The summed E-state index contributed by atoms with van der Waals surface area (Å²) in [5.41, 5.74) is 4.11. The largest absolute Gasteiger partial charge is 0.496 e. The molecule has 0 amide bonds. The van der Waals surface area contributed by atoms with E-state index in [1.165, 1.54) is 0 Å². The van der Waals surface area contributed by atoms with Crippen LogP contribution in [-0.4, -0.2) is 40.3 Å². The second-order valence-corrected chi connectivity index (χ2v) is 9.31. The van der Waals surface area contributed by atoms with Gasteiger partial charge in [-0.2, -0.15) is 0 Å². The zero-order valence-corrected chi connectivity index (χ0v) is 21.5. The molecule has 4 aromatic carbocycles. The van der Waals surface area contributed by atoms with Crippen molar-refractivity contribution in [2.45, 2.75) is 19.4 Å². The van der Waals surface area contributed by atoms with Gasteiger partial charge in [-0.1, -0.05) is 36.4 Å². The molecule has 0 saturated carbocycles. The second kappa shape index (κ2) is 9.23. The molecule has 0 radical (unpaired) electrons. The summed E-state index contributed by atoms with van der Waals surface area (Å²) in [6.07, 6.45) is 0. The van der Waals surface area contributed by atoms with Gasteiger partial charge in [-0.25, -0.2) is 4.79 Å². The fourth-order valence-corrected chi connectivity index (χ4v) is 5.27. The van der Waals surface area contributed by atoms with E-state index in [9.17, 15) is 4.79 Å². The number of fused-ring (bicyclic) bond motifs is 2. The fraction of sp³-hybridized carbons (Fsp3) is 0.258. The molecule has 1 aliphatic heterocycles. The minimum absolute atomic E-state index is 0.331. The van der Waals surface area contributed by atoms with Crippen LogP contribution in [0.3, 0.4) is 0 Å². The summed E-state index contributed by atoms with van der Waals surface area (Å²) in [7, 11) is 5.69. The van der Waals surface area contributed by atoms with Crippen LogP contribution in [0.15, 0.2) is 78.9 Å². The van der Waals surface area contributed by atoms with E-state index in [4.69, 9.17) is 9.47 Å². The minimum atomic E-state index is -1.13. The van der Waals surface area contributed by atoms with Crippen molar-refractivity contribution in [3.63, 3.8) is 0 Å². The molecule has 5 nitrogen and oxygen atoms in total. The van der Waals surface area contributed by atoms with E-state index in [0.29, 0.717) is 11.3 Å². The highest BCUT2D eigenvalue weighted by Crippen LogP contribution is 2.51. The Bertz CT molecular complexity index is 1420. The first kappa shape index (κ1) is 23.7. The summed E-state index contributed by atoms with van der Waals surface area (Å²) in [5, 5.41) is 2.07. The molecule has 0 saturated heterocycles. The van der Waals surface area contributed by atoms with Crippen molar-refractivity contribution < 1.29 is 14.3 Å². The van der Waals surface area contributed by atoms with Gasteiger partial charge < -0.3 is 19.3 Å². The predicted molar refractivity (Wildman–Crippen MR) is 147 cm³/mol. The number of nitrogens with zero attached hydrogens (tertiary/aromatic N) is 2. The van der Waals surface area contributed by atoms with Gasteiger partial charge in [0, 0.05) is 61.3 Å². The lowest BCUT2D eigenvalue weighted by molar-refractivity contribution is 0.0245. The molecule has 0 spiro atoms. The molecule has 5 rings (SSSR count). The highest BCUT2D eigenvalue weighted by atomic mass is 16.6. The van der Waals surface area contributed by atoms with Crippen molar-refractivity contribution in [3.05, 3.63) is 101 Å². The molecule has 4 aromatic rings. The van der Waals surface area contributed by atoms with Crippen molar-refractivity contribution in [3.8, 4) is 5.75 Å². The number of benzene rings is 4. The van der Waals surface area contributed by atoms with E-state index in [-0.39, 0.29) is 5.97 Å². The normalized spacial score (nSPS) is 16.5. The summed E-state index contributed by atoms with van der Waals surface area (Å²) in [6, 6.07) is 26.5. The summed E-state index contributed by atoms with van der Waals surface area (Å²) in [6.45, 7) is 6.05. The number of esters is 1. The smallest absolute Gasteiger partial charge is 0.340 e. The molecule has 184 valence electrons. The molecule has 0 fully saturated rings. The quantitative estimate of drug-likeness (QED) is 0.294. The summed E-state index contributed by atoms with van der Waals surface area (Å²) in [4.78, 5) is 17.8. The Morgan fingerprint density at radius 2 is 1.44 bits per heavy atom. The van der Waals surface area contributed by atoms with E-state index in [1.54, 1.807) is 7.11 Å². The molecule has 1 atom stereocenters. The molecule has 1 aliphatic rings. The molecular formula is C31H32N2O3. The highest BCUT2D eigenvalue weighted by Gasteiger charge is 2.50. The first-order chi connectivity index (χ1) is 17.4. The van der Waals surface area contributed by atoms with Gasteiger partial charge in [-0.15, -0.1) is 0 Å². The van der Waals surface area contributed by atoms with Gasteiger partial charge in [0.2, 0.25) is 0 Å². The molecular weight excluding hydrogens is 448 g/mol. The lowest BCUT2D eigenvalue weighted by atomic mass is 9.78. The maximum absolute atomic E-state index is 13.4. The molecule has 36 heavy (non-hydrogen) atoms. The van der Waals surface area contributed by atoms with E-state index < -0.39 is 5.60 Å². The molecule has 1 heterocycles. The van der Waals surface area contributed by atoms with Crippen molar-refractivity contribution in [2.24, 2.45) is 0 Å². The summed E-state index contributed by atoms with van der Waals surface area (Å²) >= 11 is 0. The first-order valence-corrected chi connectivity index (χ1v) is 12.4. The van der Waals surface area contributed by atoms with Crippen LogP contribution in [0.5, 0.6) is 5.75 Å². The number of rotatable bonds is 7. The van der Waals surface area contributed by atoms with Crippen LogP contribution < -0.4 is 14.5 Å². The third-order valence-corrected chi connectivity index (χ3v) is 7.21. The number of carbonyl (C=O) groups excluding carboxylic acids is 1. The molecule has 0 N–H and O–H groups in total. The monoisotopic (exact) mass is 480 g/mol. The van der Waals surface area contributed by atoms with Crippen LogP contribution in [0, 0.1) is 0 Å². The Hall–Kier alpha value is -3.99. The average molecular weight is 481 g/mol. The highest BCUT2D eigenvalue weighted by molar-refractivity contribution is 6.01. The Labute approximate surface area is 212 Å². The van der Waals surface area contributed by atoms with Crippen LogP contribution >= 0.6 is 0 Å². The van der Waals surface area contributed by atoms with Crippen molar-refractivity contribution >= 4 is 28.1 Å². The van der Waals surface area contributed by atoms with Crippen LogP contribution in [0.2, 0.25) is 0 Å². The van der Waals surface area contributed by atoms with Crippen molar-refractivity contribution in [2.75, 3.05) is 44.1 Å². The molecule has 0 bridgehead atoms. The van der Waals surface area contributed by atoms with E-state index in [0.717, 1.165) is 51.9 Å². The Balaban J connectivity index is 1.81. The maximum Gasteiger partial charge on any atom is 0.340 e. The average Bonchev–Trinajstić information content (AvgIpc) is 3.20. The van der Waals surface area contributed by atoms with E-state index in [1.807, 2.05) is 62.6 Å². The lowest BCUT2D eigenvalue weighted by Gasteiger charge is -2.33. The molecule has 1 unspecified atom stereocenters. The van der Waals surface area contributed by atoms with Crippen LogP contribution in [-0.2, 0) is 10.3 Å². The predicted octanol–water partition coefficient (Wildman–Crippen LogP) is 6.22. The molecule has 5 heteroatoms. The van der Waals surface area contributed by atoms with Gasteiger partial charge in [0.25, 0.3) is 0 Å².